The number of benzene rings is 1. The third kappa shape index (κ3) is 3.36. The van der Waals surface area contributed by atoms with Crippen molar-refractivity contribution in [3.8, 4) is 5.75 Å². The lowest BCUT2D eigenvalue weighted by Crippen LogP contribution is -2.22. The van der Waals surface area contributed by atoms with Crippen LogP contribution in [-0.2, 0) is 6.54 Å². The molecule has 0 spiro atoms. The number of methoxy groups -OCH3 is 1. The average Bonchev–Trinajstić information content (AvgIpc) is 2.81. The lowest BCUT2D eigenvalue weighted by atomic mass is 10.2. The van der Waals surface area contributed by atoms with E-state index in [1.807, 2.05) is 12.3 Å². The smallest absolute Gasteiger partial charge is 0.251 e. The number of hydrogen-bond donors (Lipinski definition) is 1. The van der Waals surface area contributed by atoms with Crippen molar-refractivity contribution in [1.82, 2.24) is 5.32 Å². The van der Waals surface area contributed by atoms with Crippen molar-refractivity contribution in [2.75, 3.05) is 7.11 Å². The van der Waals surface area contributed by atoms with E-state index in [9.17, 15) is 4.79 Å². The summed E-state index contributed by atoms with van der Waals surface area (Å²) in [5, 5.41) is 4.95. The second-order valence-electron chi connectivity index (χ2n) is 4.06. The fourth-order valence-corrected chi connectivity index (χ4v) is 3.04. The highest BCUT2D eigenvalue weighted by Gasteiger charge is 2.09. The van der Waals surface area contributed by atoms with Crippen LogP contribution in [0.4, 0.5) is 0 Å². The minimum absolute atomic E-state index is 0.0869. The molecule has 0 saturated heterocycles. The number of amides is 1. The molecule has 0 radical (unpaired) electrons. The fraction of sp³-hybridized carbons (Fsp3) is 0.214. The third-order valence-corrected chi connectivity index (χ3v) is 4.43. The topological polar surface area (TPSA) is 38.3 Å². The van der Waals surface area contributed by atoms with E-state index in [-0.39, 0.29) is 5.91 Å². The average molecular weight is 340 g/mol. The molecule has 0 aliphatic carbocycles. The van der Waals surface area contributed by atoms with E-state index in [0.717, 1.165) is 4.47 Å². The summed E-state index contributed by atoms with van der Waals surface area (Å²) in [5.74, 6) is 0.627. The molecule has 0 aliphatic rings. The van der Waals surface area contributed by atoms with E-state index in [1.165, 1.54) is 10.4 Å². The highest BCUT2D eigenvalue weighted by molar-refractivity contribution is 9.10. The Bertz CT molecular complexity index is 595. The van der Waals surface area contributed by atoms with Crippen LogP contribution in [0.5, 0.6) is 5.75 Å². The zero-order chi connectivity index (χ0) is 13.8. The van der Waals surface area contributed by atoms with Crippen molar-refractivity contribution in [2.45, 2.75) is 13.5 Å². The van der Waals surface area contributed by atoms with Crippen LogP contribution in [0.1, 0.15) is 20.8 Å². The zero-order valence-corrected chi connectivity index (χ0v) is 13.1. The van der Waals surface area contributed by atoms with Gasteiger partial charge in [-0.1, -0.05) is 0 Å². The second kappa shape index (κ2) is 6.21. The van der Waals surface area contributed by atoms with Gasteiger partial charge in [0.05, 0.1) is 18.1 Å². The molecule has 0 saturated carbocycles. The lowest BCUT2D eigenvalue weighted by molar-refractivity contribution is 0.0951. The van der Waals surface area contributed by atoms with Crippen LogP contribution in [0.2, 0.25) is 0 Å². The first-order valence-electron chi connectivity index (χ1n) is 5.76. The molecule has 100 valence electrons. The summed E-state index contributed by atoms with van der Waals surface area (Å²) < 4.78 is 5.91. The van der Waals surface area contributed by atoms with E-state index in [1.54, 1.807) is 36.6 Å². The molecular weight excluding hydrogens is 326 g/mol. The Labute approximate surface area is 124 Å². The summed E-state index contributed by atoms with van der Waals surface area (Å²) in [7, 11) is 1.60. The van der Waals surface area contributed by atoms with E-state index in [2.05, 4.69) is 27.3 Å². The quantitative estimate of drug-likeness (QED) is 0.920. The number of nitrogens with one attached hydrogen (secondary N) is 1. The van der Waals surface area contributed by atoms with Crippen LogP contribution < -0.4 is 10.1 Å². The normalized spacial score (nSPS) is 10.3. The molecule has 1 heterocycles. The Kier molecular flexibility index (Phi) is 4.61. The van der Waals surface area contributed by atoms with Gasteiger partial charge in [-0.25, -0.2) is 0 Å². The maximum atomic E-state index is 12.0. The molecule has 0 aliphatic heterocycles. The van der Waals surface area contributed by atoms with Crippen molar-refractivity contribution >= 4 is 33.2 Å². The first-order valence-corrected chi connectivity index (χ1v) is 7.44. The van der Waals surface area contributed by atoms with Crippen molar-refractivity contribution in [3.05, 3.63) is 50.1 Å². The summed E-state index contributed by atoms with van der Waals surface area (Å²) in [5.41, 5.74) is 1.82. The molecule has 1 amide bonds. The molecule has 0 fully saturated rings. The number of carbonyl (C=O) groups is 1. The molecule has 1 N–H and O–H groups in total. The van der Waals surface area contributed by atoms with Gasteiger partial charge in [0, 0.05) is 10.4 Å². The van der Waals surface area contributed by atoms with Crippen molar-refractivity contribution in [3.63, 3.8) is 0 Å². The summed E-state index contributed by atoms with van der Waals surface area (Å²) in [6.45, 7) is 2.61. The minimum Gasteiger partial charge on any atom is -0.496 e. The highest BCUT2D eigenvalue weighted by Crippen LogP contribution is 2.25. The van der Waals surface area contributed by atoms with Gasteiger partial charge in [0.1, 0.15) is 5.75 Å². The van der Waals surface area contributed by atoms with E-state index in [4.69, 9.17) is 4.74 Å². The number of hydrogen-bond acceptors (Lipinski definition) is 3. The second-order valence-corrected chi connectivity index (χ2v) is 5.91. The van der Waals surface area contributed by atoms with E-state index in [0.29, 0.717) is 17.9 Å². The van der Waals surface area contributed by atoms with Crippen LogP contribution in [0.25, 0.3) is 0 Å². The van der Waals surface area contributed by atoms with E-state index >= 15 is 0 Å². The Morgan fingerprint density at radius 2 is 2.21 bits per heavy atom. The highest BCUT2D eigenvalue weighted by atomic mass is 79.9. The summed E-state index contributed by atoms with van der Waals surface area (Å²) >= 11 is 5.03. The largest absolute Gasteiger partial charge is 0.496 e. The lowest BCUT2D eigenvalue weighted by Gasteiger charge is -2.07. The summed E-state index contributed by atoms with van der Waals surface area (Å²) in [4.78, 5) is 13.2. The Balaban J connectivity index is 2.04. The van der Waals surface area contributed by atoms with Gasteiger partial charge in [-0.3, -0.25) is 4.79 Å². The molecule has 19 heavy (non-hydrogen) atoms. The van der Waals surface area contributed by atoms with Crippen molar-refractivity contribution < 1.29 is 9.53 Å². The van der Waals surface area contributed by atoms with Gasteiger partial charge in [0.2, 0.25) is 0 Å². The van der Waals surface area contributed by atoms with Gasteiger partial charge >= 0.3 is 0 Å². The number of ether oxygens (including phenoxy) is 1. The number of halogens is 1. The number of aryl methyl sites for hydroxylation is 1. The Hall–Kier alpha value is -1.33. The molecule has 1 aromatic carbocycles. The van der Waals surface area contributed by atoms with Crippen LogP contribution >= 0.6 is 27.3 Å². The maximum absolute atomic E-state index is 12.0. The third-order valence-electron chi connectivity index (χ3n) is 2.79. The van der Waals surface area contributed by atoms with Crippen molar-refractivity contribution in [2.24, 2.45) is 0 Å². The zero-order valence-electron chi connectivity index (χ0n) is 10.7. The first-order chi connectivity index (χ1) is 9.11. The maximum Gasteiger partial charge on any atom is 0.251 e. The van der Waals surface area contributed by atoms with Gasteiger partial charge in [-0.2, -0.15) is 0 Å². The van der Waals surface area contributed by atoms with Gasteiger partial charge in [0.25, 0.3) is 5.91 Å². The molecule has 2 aromatic rings. The molecule has 0 atom stereocenters. The van der Waals surface area contributed by atoms with E-state index < -0.39 is 0 Å². The summed E-state index contributed by atoms with van der Waals surface area (Å²) in [6, 6.07) is 7.33. The predicted octanol–water partition coefficient (Wildman–Crippen LogP) is 3.76. The monoisotopic (exact) mass is 339 g/mol. The van der Waals surface area contributed by atoms with Crippen molar-refractivity contribution in [1.29, 1.82) is 0 Å². The summed E-state index contributed by atoms with van der Waals surface area (Å²) in [6.07, 6.45) is 0. The number of rotatable bonds is 4. The molecule has 0 unspecified atom stereocenters. The predicted molar refractivity (Wildman–Crippen MR) is 80.9 cm³/mol. The van der Waals surface area contributed by atoms with Gasteiger partial charge in [0.15, 0.2) is 0 Å². The Morgan fingerprint density at radius 1 is 1.42 bits per heavy atom. The van der Waals surface area contributed by atoms with Gasteiger partial charge in [-0.15, -0.1) is 11.3 Å². The van der Waals surface area contributed by atoms with Crippen LogP contribution in [0.15, 0.2) is 34.1 Å². The molecule has 3 nitrogen and oxygen atoms in total. The molecule has 0 bridgehead atoms. The molecule has 1 aromatic heterocycles. The Morgan fingerprint density at radius 3 is 2.79 bits per heavy atom. The van der Waals surface area contributed by atoms with Gasteiger partial charge < -0.3 is 10.1 Å². The van der Waals surface area contributed by atoms with Crippen LogP contribution in [-0.4, -0.2) is 13.0 Å². The SMILES string of the molecule is COc1ccc(C(=O)NCc2sccc2C)cc1Br. The molecular formula is C14H14BrNO2S. The standard InChI is InChI=1S/C14H14BrNO2S/c1-9-5-6-19-13(9)8-16-14(17)10-3-4-12(18-2)11(15)7-10/h3-7H,8H2,1-2H3,(H,16,17). The van der Waals surface area contributed by atoms with Gasteiger partial charge in [-0.05, 0) is 58.1 Å². The van der Waals surface area contributed by atoms with Crippen LogP contribution in [0.3, 0.4) is 0 Å². The fourth-order valence-electron chi connectivity index (χ4n) is 1.66. The van der Waals surface area contributed by atoms with Crippen LogP contribution in [0, 0.1) is 6.92 Å². The molecule has 2 rings (SSSR count). The molecule has 5 heteroatoms. The number of carbonyl (C=O) groups excluding carboxylic acids is 1. The first kappa shape index (κ1) is 14.1. The number of thiophene rings is 1. The minimum atomic E-state index is -0.0869.